The van der Waals surface area contributed by atoms with E-state index < -0.39 is 5.97 Å². The molecule has 0 aliphatic heterocycles. The summed E-state index contributed by atoms with van der Waals surface area (Å²) in [5, 5.41) is 14.0. The molecule has 0 amide bonds. The molecule has 110 valence electrons. The van der Waals surface area contributed by atoms with E-state index in [9.17, 15) is 9.90 Å². The molecule has 5 heteroatoms. The number of carbonyl (C=O) groups is 1. The van der Waals surface area contributed by atoms with Gasteiger partial charge in [0.1, 0.15) is 5.56 Å². The van der Waals surface area contributed by atoms with Crippen LogP contribution in [0.3, 0.4) is 0 Å². The lowest BCUT2D eigenvalue weighted by Crippen LogP contribution is -2.16. The van der Waals surface area contributed by atoms with Gasteiger partial charge < -0.3 is 5.11 Å². The molecular weight excluding hydrogens is 266 g/mol. The first kappa shape index (κ1) is 13.8. The lowest BCUT2D eigenvalue weighted by molar-refractivity contribution is 0.0696. The Hall–Kier alpha value is -2.17. The van der Waals surface area contributed by atoms with Crippen molar-refractivity contribution in [2.24, 2.45) is 0 Å². The Bertz CT molecular complexity index is 732. The molecule has 0 fully saturated rings. The van der Waals surface area contributed by atoms with Crippen molar-refractivity contribution in [3.8, 4) is 5.82 Å². The van der Waals surface area contributed by atoms with Gasteiger partial charge in [0.05, 0.1) is 5.69 Å². The SMILES string of the molecule is Cc1nn(-c2nc3c(cc2C(=O)O)CCCC3)c(C)c1C. The summed E-state index contributed by atoms with van der Waals surface area (Å²) in [6, 6.07) is 1.78. The Morgan fingerprint density at radius 3 is 2.57 bits per heavy atom. The quantitative estimate of drug-likeness (QED) is 0.921. The molecule has 0 atom stereocenters. The van der Waals surface area contributed by atoms with Gasteiger partial charge in [-0.25, -0.2) is 14.5 Å². The van der Waals surface area contributed by atoms with Gasteiger partial charge in [-0.3, -0.25) is 0 Å². The van der Waals surface area contributed by atoms with Crippen LogP contribution < -0.4 is 0 Å². The Balaban J connectivity index is 2.25. The molecule has 2 heterocycles. The van der Waals surface area contributed by atoms with Crippen LogP contribution in [-0.2, 0) is 12.8 Å². The number of carboxylic acid groups (broad SMARTS) is 1. The Morgan fingerprint density at radius 1 is 1.24 bits per heavy atom. The largest absolute Gasteiger partial charge is 0.478 e. The van der Waals surface area contributed by atoms with Gasteiger partial charge in [0.25, 0.3) is 0 Å². The molecule has 5 nitrogen and oxygen atoms in total. The van der Waals surface area contributed by atoms with Crippen LogP contribution in [0.25, 0.3) is 5.82 Å². The standard InChI is InChI=1S/C16H19N3O2/c1-9-10(2)18-19(11(9)3)15-13(16(20)21)8-12-6-4-5-7-14(12)17-15/h8H,4-7H2,1-3H3,(H,20,21). The topological polar surface area (TPSA) is 68.0 Å². The maximum Gasteiger partial charge on any atom is 0.339 e. The van der Waals surface area contributed by atoms with Crippen molar-refractivity contribution in [3.05, 3.63) is 39.8 Å². The highest BCUT2D eigenvalue weighted by atomic mass is 16.4. The van der Waals surface area contributed by atoms with Crippen LogP contribution in [0, 0.1) is 20.8 Å². The van der Waals surface area contributed by atoms with Crippen LogP contribution in [-0.4, -0.2) is 25.8 Å². The summed E-state index contributed by atoms with van der Waals surface area (Å²) >= 11 is 0. The summed E-state index contributed by atoms with van der Waals surface area (Å²) < 4.78 is 1.67. The Morgan fingerprint density at radius 2 is 1.95 bits per heavy atom. The van der Waals surface area contributed by atoms with Crippen molar-refractivity contribution in [2.75, 3.05) is 0 Å². The summed E-state index contributed by atoms with van der Waals surface area (Å²) in [7, 11) is 0. The number of nitrogens with zero attached hydrogens (tertiary/aromatic N) is 3. The third-order valence-electron chi connectivity index (χ3n) is 4.36. The van der Waals surface area contributed by atoms with E-state index in [4.69, 9.17) is 0 Å². The molecule has 0 radical (unpaired) electrons. The van der Waals surface area contributed by atoms with E-state index >= 15 is 0 Å². The fraction of sp³-hybridized carbons (Fsp3) is 0.438. The van der Waals surface area contributed by atoms with Crippen molar-refractivity contribution >= 4 is 5.97 Å². The molecule has 0 saturated carbocycles. The van der Waals surface area contributed by atoms with Crippen molar-refractivity contribution in [2.45, 2.75) is 46.5 Å². The lowest BCUT2D eigenvalue weighted by Gasteiger charge is -2.18. The zero-order chi connectivity index (χ0) is 15.1. The average molecular weight is 285 g/mol. The number of aromatic nitrogens is 3. The summed E-state index contributed by atoms with van der Waals surface area (Å²) in [6.45, 7) is 5.87. The molecular formula is C16H19N3O2. The van der Waals surface area contributed by atoms with Gasteiger partial charge in [-0.2, -0.15) is 5.10 Å². The molecule has 2 aromatic rings. The van der Waals surface area contributed by atoms with E-state index in [0.29, 0.717) is 5.82 Å². The average Bonchev–Trinajstić information content (AvgIpc) is 2.73. The number of hydrogen-bond donors (Lipinski definition) is 1. The molecule has 0 aromatic carbocycles. The highest BCUT2D eigenvalue weighted by molar-refractivity contribution is 5.91. The summed E-state index contributed by atoms with van der Waals surface area (Å²) in [5.41, 5.74) is 5.25. The van der Waals surface area contributed by atoms with Crippen LogP contribution in [0.2, 0.25) is 0 Å². The maximum atomic E-state index is 11.6. The second-order valence-electron chi connectivity index (χ2n) is 5.69. The number of rotatable bonds is 2. The van der Waals surface area contributed by atoms with Crippen molar-refractivity contribution in [1.82, 2.24) is 14.8 Å². The first-order valence-electron chi connectivity index (χ1n) is 7.28. The summed E-state index contributed by atoms with van der Waals surface area (Å²) in [4.78, 5) is 16.2. The molecule has 0 unspecified atom stereocenters. The minimum atomic E-state index is -0.948. The highest BCUT2D eigenvalue weighted by Crippen LogP contribution is 2.25. The van der Waals surface area contributed by atoms with E-state index in [1.807, 2.05) is 20.8 Å². The van der Waals surface area contributed by atoms with E-state index in [2.05, 4.69) is 10.1 Å². The molecule has 2 aromatic heterocycles. The first-order chi connectivity index (χ1) is 9.99. The van der Waals surface area contributed by atoms with Gasteiger partial charge in [0.2, 0.25) is 0 Å². The Labute approximate surface area is 123 Å². The number of hydrogen-bond acceptors (Lipinski definition) is 3. The number of pyridine rings is 1. The normalized spacial score (nSPS) is 14.0. The monoisotopic (exact) mass is 285 g/mol. The molecule has 21 heavy (non-hydrogen) atoms. The molecule has 0 spiro atoms. The minimum Gasteiger partial charge on any atom is -0.478 e. The number of aromatic carboxylic acids is 1. The maximum absolute atomic E-state index is 11.6. The second-order valence-corrected chi connectivity index (χ2v) is 5.69. The molecule has 0 saturated heterocycles. The van der Waals surface area contributed by atoms with Crippen LogP contribution in [0.5, 0.6) is 0 Å². The molecule has 1 N–H and O–H groups in total. The molecule has 0 bridgehead atoms. The van der Waals surface area contributed by atoms with Crippen molar-refractivity contribution in [1.29, 1.82) is 0 Å². The highest BCUT2D eigenvalue weighted by Gasteiger charge is 2.22. The predicted octanol–water partition coefficient (Wildman–Crippen LogP) is 2.77. The molecule has 3 rings (SSSR count). The third kappa shape index (κ3) is 2.22. The first-order valence-corrected chi connectivity index (χ1v) is 7.28. The van der Waals surface area contributed by atoms with Gasteiger partial charge >= 0.3 is 5.97 Å². The van der Waals surface area contributed by atoms with Gasteiger partial charge in [-0.05, 0) is 63.6 Å². The van der Waals surface area contributed by atoms with Gasteiger partial charge in [-0.15, -0.1) is 0 Å². The van der Waals surface area contributed by atoms with Crippen LogP contribution in [0.4, 0.5) is 0 Å². The van der Waals surface area contributed by atoms with E-state index in [1.165, 1.54) is 0 Å². The minimum absolute atomic E-state index is 0.237. The van der Waals surface area contributed by atoms with Crippen molar-refractivity contribution in [3.63, 3.8) is 0 Å². The van der Waals surface area contributed by atoms with Crippen LogP contribution in [0.1, 0.15) is 51.4 Å². The zero-order valence-corrected chi connectivity index (χ0v) is 12.6. The zero-order valence-electron chi connectivity index (χ0n) is 12.6. The van der Waals surface area contributed by atoms with E-state index in [1.54, 1.807) is 10.7 Å². The number of fused-ring (bicyclic) bond motifs is 1. The fourth-order valence-electron chi connectivity index (χ4n) is 2.87. The van der Waals surface area contributed by atoms with E-state index in [0.717, 1.165) is 53.9 Å². The fourth-order valence-corrected chi connectivity index (χ4v) is 2.87. The molecule has 1 aliphatic carbocycles. The Kier molecular flexibility index (Phi) is 3.27. The second kappa shape index (κ2) is 4.98. The lowest BCUT2D eigenvalue weighted by atomic mass is 9.94. The summed E-state index contributed by atoms with van der Waals surface area (Å²) in [5.74, 6) is -0.507. The van der Waals surface area contributed by atoms with Crippen molar-refractivity contribution < 1.29 is 9.90 Å². The number of carboxylic acids is 1. The van der Waals surface area contributed by atoms with Gasteiger partial charge in [0, 0.05) is 11.4 Å². The van der Waals surface area contributed by atoms with Gasteiger partial charge in [0.15, 0.2) is 5.82 Å². The van der Waals surface area contributed by atoms with E-state index in [-0.39, 0.29) is 5.56 Å². The van der Waals surface area contributed by atoms with Crippen LogP contribution in [0.15, 0.2) is 6.07 Å². The van der Waals surface area contributed by atoms with Gasteiger partial charge in [-0.1, -0.05) is 0 Å². The number of aryl methyl sites for hydroxylation is 3. The summed E-state index contributed by atoms with van der Waals surface area (Å²) in [6.07, 6.45) is 4.05. The van der Waals surface area contributed by atoms with Crippen LogP contribution >= 0.6 is 0 Å². The predicted molar refractivity (Wildman–Crippen MR) is 79.2 cm³/mol. The molecule has 1 aliphatic rings. The smallest absolute Gasteiger partial charge is 0.339 e. The third-order valence-corrected chi connectivity index (χ3v) is 4.36.